The lowest BCUT2D eigenvalue weighted by molar-refractivity contribution is 0.221. The zero-order valence-electron chi connectivity index (χ0n) is 9.74. The van der Waals surface area contributed by atoms with Crippen molar-refractivity contribution in [2.24, 2.45) is 5.92 Å². The predicted molar refractivity (Wildman–Crippen MR) is 65.9 cm³/mol. The number of hydrogen-bond acceptors (Lipinski definition) is 3. The van der Waals surface area contributed by atoms with E-state index in [1.54, 1.807) is 0 Å². The van der Waals surface area contributed by atoms with Gasteiger partial charge in [0.05, 0.1) is 0 Å². The van der Waals surface area contributed by atoms with Crippen LogP contribution in [0.2, 0.25) is 0 Å². The second-order valence-corrected chi connectivity index (χ2v) is 3.05. The molecule has 0 radical (unpaired) electrons. The molecule has 3 N–H and O–H groups in total. The van der Waals surface area contributed by atoms with E-state index in [2.05, 4.69) is 25.4 Å². The van der Waals surface area contributed by atoms with Gasteiger partial charge in [0.2, 0.25) is 0 Å². The van der Waals surface area contributed by atoms with Gasteiger partial charge in [0, 0.05) is 6.61 Å². The summed E-state index contributed by atoms with van der Waals surface area (Å²) < 4.78 is 0. The number of aliphatic hydroxyl groups is 2. The maximum absolute atomic E-state index is 8.62. The minimum absolute atomic E-state index is 0.148. The van der Waals surface area contributed by atoms with E-state index in [0.29, 0.717) is 12.5 Å². The number of aliphatic hydroxyl groups excluding tert-OH is 2. The molecule has 0 fully saturated rings. The van der Waals surface area contributed by atoms with Crippen molar-refractivity contribution in [2.75, 3.05) is 20.2 Å². The monoisotopic (exact) mass is 213 g/mol. The van der Waals surface area contributed by atoms with Crippen LogP contribution in [0.15, 0.2) is 37.1 Å². The summed E-state index contributed by atoms with van der Waals surface area (Å²) in [6, 6.07) is 0. The maximum Gasteiger partial charge on any atom is 0.114 e. The Morgan fingerprint density at radius 1 is 1.47 bits per heavy atom. The van der Waals surface area contributed by atoms with Crippen molar-refractivity contribution in [1.82, 2.24) is 5.32 Å². The summed E-state index contributed by atoms with van der Waals surface area (Å²) in [4.78, 5) is 0. The van der Waals surface area contributed by atoms with E-state index < -0.39 is 0 Å². The Kier molecular flexibility index (Phi) is 14.1. The predicted octanol–water partition coefficient (Wildman–Crippen LogP) is 2.02. The highest BCUT2D eigenvalue weighted by Gasteiger charge is 1.99. The van der Waals surface area contributed by atoms with Gasteiger partial charge in [-0.2, -0.15) is 0 Å². The molecule has 0 heterocycles. The molecular weight excluding hydrogens is 190 g/mol. The summed E-state index contributed by atoms with van der Waals surface area (Å²) in [5, 5.41) is 20.2. The molecule has 0 aromatic carbocycles. The maximum atomic E-state index is 8.62. The van der Waals surface area contributed by atoms with Crippen molar-refractivity contribution >= 4 is 0 Å². The Labute approximate surface area is 92.8 Å². The molecule has 0 saturated heterocycles. The summed E-state index contributed by atoms with van der Waals surface area (Å²) in [6.07, 6.45) is 5.36. The standard InChI is InChI=1S/C6H15NO.C6H8O/c1-3-6(5-8)4-7-2;1-3-5-6(7)4-2/h6-8H,3-5H2,1-2H3;3-5,7H,1-2H2/b;6-5+. The van der Waals surface area contributed by atoms with Gasteiger partial charge >= 0.3 is 0 Å². The average molecular weight is 213 g/mol. The Bertz CT molecular complexity index is 184. The summed E-state index contributed by atoms with van der Waals surface area (Å²) in [7, 11) is 1.90. The zero-order valence-corrected chi connectivity index (χ0v) is 9.74. The van der Waals surface area contributed by atoms with Crippen LogP contribution in [-0.4, -0.2) is 30.4 Å². The molecule has 1 unspecified atom stereocenters. The molecule has 0 amide bonds. The van der Waals surface area contributed by atoms with E-state index in [9.17, 15) is 0 Å². The van der Waals surface area contributed by atoms with Crippen LogP contribution >= 0.6 is 0 Å². The molecule has 0 rings (SSSR count). The lowest BCUT2D eigenvalue weighted by Crippen LogP contribution is -2.20. The van der Waals surface area contributed by atoms with E-state index in [-0.39, 0.29) is 5.76 Å². The molecule has 0 aliphatic heterocycles. The molecular formula is C12H23NO2. The lowest BCUT2D eigenvalue weighted by atomic mass is 10.1. The average Bonchev–Trinajstić information content (AvgIpc) is 2.27. The van der Waals surface area contributed by atoms with Crippen molar-refractivity contribution < 1.29 is 10.2 Å². The molecule has 0 saturated carbocycles. The summed E-state index contributed by atoms with van der Waals surface area (Å²) in [5.74, 6) is 0.593. The molecule has 0 bridgehead atoms. The van der Waals surface area contributed by atoms with Gasteiger partial charge in [-0.1, -0.05) is 26.2 Å². The third kappa shape index (κ3) is 12.9. The van der Waals surface area contributed by atoms with E-state index in [1.165, 1.54) is 18.2 Å². The van der Waals surface area contributed by atoms with Crippen molar-refractivity contribution in [1.29, 1.82) is 0 Å². The minimum atomic E-state index is 0.148. The molecule has 0 aliphatic carbocycles. The summed E-state index contributed by atoms with van der Waals surface area (Å²) in [5.41, 5.74) is 0. The van der Waals surface area contributed by atoms with Crippen molar-refractivity contribution in [3.8, 4) is 0 Å². The number of hydrogen-bond donors (Lipinski definition) is 3. The largest absolute Gasteiger partial charge is 0.508 e. The SMILES string of the molecule is C=C/C=C(/O)C=C.CCC(CO)CNC. The minimum Gasteiger partial charge on any atom is -0.508 e. The molecule has 3 heteroatoms. The lowest BCUT2D eigenvalue weighted by Gasteiger charge is -2.08. The van der Waals surface area contributed by atoms with Gasteiger partial charge in [-0.25, -0.2) is 0 Å². The van der Waals surface area contributed by atoms with E-state index in [1.807, 2.05) is 7.05 Å². The molecule has 3 nitrogen and oxygen atoms in total. The Balaban J connectivity index is 0. The smallest absolute Gasteiger partial charge is 0.114 e. The Morgan fingerprint density at radius 2 is 2.07 bits per heavy atom. The molecule has 0 spiro atoms. The first-order chi connectivity index (χ1) is 7.15. The summed E-state index contributed by atoms with van der Waals surface area (Å²) in [6.45, 7) is 9.99. The second-order valence-electron chi connectivity index (χ2n) is 3.05. The van der Waals surface area contributed by atoms with Gasteiger partial charge in [0.25, 0.3) is 0 Å². The molecule has 0 aromatic rings. The molecule has 1 atom stereocenters. The van der Waals surface area contributed by atoms with Crippen LogP contribution in [0.1, 0.15) is 13.3 Å². The van der Waals surface area contributed by atoms with Crippen molar-refractivity contribution in [3.63, 3.8) is 0 Å². The van der Waals surface area contributed by atoms with E-state index in [0.717, 1.165) is 13.0 Å². The van der Waals surface area contributed by atoms with Crippen molar-refractivity contribution in [2.45, 2.75) is 13.3 Å². The van der Waals surface area contributed by atoms with Crippen LogP contribution in [-0.2, 0) is 0 Å². The number of nitrogens with one attached hydrogen (secondary N) is 1. The van der Waals surface area contributed by atoms with Gasteiger partial charge < -0.3 is 15.5 Å². The van der Waals surface area contributed by atoms with Crippen LogP contribution in [0, 0.1) is 5.92 Å². The topological polar surface area (TPSA) is 52.5 Å². The quantitative estimate of drug-likeness (QED) is 0.467. The van der Waals surface area contributed by atoms with Crippen LogP contribution in [0.5, 0.6) is 0 Å². The third-order valence-corrected chi connectivity index (χ3v) is 1.83. The van der Waals surface area contributed by atoms with Gasteiger partial charge in [0.1, 0.15) is 5.76 Å². The number of rotatable bonds is 6. The van der Waals surface area contributed by atoms with E-state index in [4.69, 9.17) is 10.2 Å². The number of allylic oxidation sites excluding steroid dienone is 3. The van der Waals surface area contributed by atoms with Gasteiger partial charge in [-0.15, -0.1) is 0 Å². The third-order valence-electron chi connectivity index (χ3n) is 1.83. The van der Waals surface area contributed by atoms with Gasteiger partial charge in [-0.05, 0) is 38.1 Å². The fourth-order valence-electron chi connectivity index (χ4n) is 0.815. The van der Waals surface area contributed by atoms with Crippen molar-refractivity contribution in [3.05, 3.63) is 37.1 Å². The van der Waals surface area contributed by atoms with Crippen LogP contribution < -0.4 is 5.32 Å². The molecule has 88 valence electrons. The molecule has 0 aromatic heterocycles. The molecule has 0 aliphatic rings. The fraction of sp³-hybridized carbons (Fsp3) is 0.500. The van der Waals surface area contributed by atoms with Gasteiger partial charge in [0.15, 0.2) is 0 Å². The van der Waals surface area contributed by atoms with Crippen LogP contribution in [0.3, 0.4) is 0 Å². The highest BCUT2D eigenvalue weighted by Crippen LogP contribution is 1.96. The highest BCUT2D eigenvalue weighted by molar-refractivity contribution is 5.12. The van der Waals surface area contributed by atoms with Gasteiger partial charge in [-0.3, -0.25) is 0 Å². The Hall–Kier alpha value is -1.06. The normalized spacial score (nSPS) is 12.3. The zero-order chi connectivity index (χ0) is 12.1. The Morgan fingerprint density at radius 3 is 2.20 bits per heavy atom. The first-order valence-corrected chi connectivity index (χ1v) is 5.05. The first kappa shape index (κ1) is 16.4. The second kappa shape index (κ2) is 12.9. The van der Waals surface area contributed by atoms with E-state index >= 15 is 0 Å². The summed E-state index contributed by atoms with van der Waals surface area (Å²) >= 11 is 0. The highest BCUT2D eigenvalue weighted by atomic mass is 16.3. The molecule has 15 heavy (non-hydrogen) atoms. The fourth-order valence-corrected chi connectivity index (χ4v) is 0.815. The van der Waals surface area contributed by atoms with Crippen LogP contribution in [0.25, 0.3) is 0 Å². The first-order valence-electron chi connectivity index (χ1n) is 5.05. The van der Waals surface area contributed by atoms with Crippen LogP contribution in [0.4, 0.5) is 0 Å².